The number of anilines is 1. The van der Waals surface area contributed by atoms with Crippen LogP contribution in [0.3, 0.4) is 0 Å². The van der Waals surface area contributed by atoms with E-state index in [1.165, 1.54) is 10.4 Å². The molecule has 1 N–H and O–H groups in total. The molecule has 2 fully saturated rings. The minimum absolute atomic E-state index is 0.0718. The van der Waals surface area contributed by atoms with E-state index in [1.54, 1.807) is 22.7 Å². The van der Waals surface area contributed by atoms with Crippen LogP contribution < -0.4 is 5.32 Å². The van der Waals surface area contributed by atoms with E-state index in [1.807, 2.05) is 11.4 Å². The molecule has 2 aromatic heterocycles. The molecule has 2 aliphatic rings. The summed E-state index contributed by atoms with van der Waals surface area (Å²) in [5.41, 5.74) is 0.980. The minimum Gasteiger partial charge on any atom is -0.375 e. The molecule has 2 aromatic rings. The number of aromatic nitrogens is 1. The van der Waals surface area contributed by atoms with Crippen LogP contribution in [0.5, 0.6) is 0 Å². The second kappa shape index (κ2) is 4.54. The van der Waals surface area contributed by atoms with Gasteiger partial charge in [0.1, 0.15) is 4.01 Å². The maximum Gasteiger partial charge on any atom is 0.226 e. The monoisotopic (exact) mass is 294 g/mol. The third kappa shape index (κ3) is 2.17. The normalized spacial score (nSPS) is 29.2. The molecule has 0 aliphatic carbocycles. The van der Waals surface area contributed by atoms with Crippen LogP contribution in [0.2, 0.25) is 0 Å². The van der Waals surface area contributed by atoms with Gasteiger partial charge in [0.25, 0.3) is 0 Å². The van der Waals surface area contributed by atoms with E-state index in [0.717, 1.165) is 23.5 Å². The first kappa shape index (κ1) is 11.8. The fourth-order valence-electron chi connectivity index (χ4n) is 3.09. The number of amides is 1. The molecule has 0 spiro atoms. The molecule has 2 bridgehead atoms. The molecular formula is C13H14N2O2S2. The molecule has 0 radical (unpaired) electrons. The molecule has 3 unspecified atom stereocenters. The molecule has 6 heteroatoms. The Bertz CT molecular complexity index is 592. The van der Waals surface area contributed by atoms with Crippen molar-refractivity contribution in [1.29, 1.82) is 0 Å². The van der Waals surface area contributed by atoms with Gasteiger partial charge in [0.2, 0.25) is 5.91 Å². The van der Waals surface area contributed by atoms with E-state index in [2.05, 4.69) is 10.3 Å². The van der Waals surface area contributed by atoms with Gasteiger partial charge in [-0.15, -0.1) is 11.3 Å². The van der Waals surface area contributed by atoms with Crippen molar-refractivity contribution in [2.45, 2.75) is 37.9 Å². The molecule has 1 amide bonds. The van der Waals surface area contributed by atoms with E-state index >= 15 is 0 Å². The van der Waals surface area contributed by atoms with Gasteiger partial charge in [-0.3, -0.25) is 4.79 Å². The second-order valence-electron chi connectivity index (χ2n) is 5.23. The van der Waals surface area contributed by atoms with Crippen molar-refractivity contribution < 1.29 is 9.53 Å². The zero-order chi connectivity index (χ0) is 12.8. The summed E-state index contributed by atoms with van der Waals surface area (Å²) >= 11 is 3.21. The molecule has 100 valence electrons. The summed E-state index contributed by atoms with van der Waals surface area (Å²) in [6.07, 6.45) is 4.63. The number of ether oxygens (including phenoxy) is 1. The highest BCUT2D eigenvalue weighted by molar-refractivity contribution is 7.39. The smallest absolute Gasteiger partial charge is 0.226 e. The molecule has 2 aliphatic heterocycles. The quantitative estimate of drug-likeness (QED) is 0.945. The number of nitrogens with one attached hydrogen (secondary N) is 1. The highest BCUT2D eigenvalue weighted by Crippen LogP contribution is 2.40. The fourth-order valence-corrected chi connectivity index (χ4v) is 4.94. The Hall–Kier alpha value is -0.980. The lowest BCUT2D eigenvalue weighted by atomic mass is 9.87. The van der Waals surface area contributed by atoms with Crippen LogP contribution in [-0.2, 0) is 9.53 Å². The number of thiophene rings is 1. The van der Waals surface area contributed by atoms with Gasteiger partial charge in [0, 0.05) is 6.42 Å². The first-order valence-corrected chi connectivity index (χ1v) is 8.27. The third-order valence-electron chi connectivity index (χ3n) is 3.95. The van der Waals surface area contributed by atoms with E-state index in [-0.39, 0.29) is 5.91 Å². The summed E-state index contributed by atoms with van der Waals surface area (Å²) in [6.45, 7) is 0. The van der Waals surface area contributed by atoms with Gasteiger partial charge in [-0.1, -0.05) is 11.3 Å². The van der Waals surface area contributed by atoms with Gasteiger partial charge in [-0.2, -0.15) is 0 Å². The Balaban J connectivity index is 1.40. The molecule has 3 atom stereocenters. The van der Waals surface area contributed by atoms with Crippen LogP contribution in [0.25, 0.3) is 9.53 Å². The van der Waals surface area contributed by atoms with Crippen molar-refractivity contribution in [3.05, 3.63) is 11.4 Å². The number of hydrogen-bond acceptors (Lipinski definition) is 5. The number of carbonyl (C=O) groups is 1. The summed E-state index contributed by atoms with van der Waals surface area (Å²) < 4.78 is 6.95. The summed E-state index contributed by atoms with van der Waals surface area (Å²) in [5, 5.41) is 5.66. The van der Waals surface area contributed by atoms with Gasteiger partial charge in [-0.25, -0.2) is 4.98 Å². The van der Waals surface area contributed by atoms with E-state index < -0.39 is 0 Å². The maximum atomic E-state index is 12.0. The number of fused-ring (bicyclic) bond motifs is 3. The van der Waals surface area contributed by atoms with Gasteiger partial charge in [0.15, 0.2) is 5.13 Å². The summed E-state index contributed by atoms with van der Waals surface area (Å²) in [6, 6.07) is 1.98. The molecular weight excluding hydrogens is 280 g/mol. The van der Waals surface area contributed by atoms with Crippen LogP contribution in [0.1, 0.15) is 25.7 Å². The lowest BCUT2D eigenvalue weighted by molar-refractivity contribution is -0.117. The summed E-state index contributed by atoms with van der Waals surface area (Å²) in [7, 11) is 0. The SMILES string of the molecule is O=C(CC1CC2CCC1O2)Nc1nc2ccsc2s1. The number of carbonyl (C=O) groups excluding carboxylic acids is 1. The minimum atomic E-state index is 0.0718. The third-order valence-corrected chi connectivity index (χ3v) is 5.96. The highest BCUT2D eigenvalue weighted by atomic mass is 32.2. The van der Waals surface area contributed by atoms with Crippen LogP contribution >= 0.6 is 22.7 Å². The molecule has 0 aromatic carbocycles. The summed E-state index contributed by atoms with van der Waals surface area (Å²) in [5.74, 6) is 0.474. The summed E-state index contributed by atoms with van der Waals surface area (Å²) in [4.78, 5) is 16.4. The Morgan fingerprint density at radius 3 is 3.21 bits per heavy atom. The van der Waals surface area contributed by atoms with Gasteiger partial charge in [0.05, 0.1) is 17.7 Å². The molecule has 4 nitrogen and oxygen atoms in total. The fraction of sp³-hybridized carbons (Fsp3) is 0.538. The Kier molecular flexibility index (Phi) is 2.82. The van der Waals surface area contributed by atoms with E-state index in [9.17, 15) is 4.79 Å². The zero-order valence-corrected chi connectivity index (χ0v) is 11.9. The van der Waals surface area contributed by atoms with E-state index in [0.29, 0.717) is 24.5 Å². The maximum absolute atomic E-state index is 12.0. The lowest BCUT2D eigenvalue weighted by Crippen LogP contribution is -2.23. The topological polar surface area (TPSA) is 51.2 Å². The highest BCUT2D eigenvalue weighted by Gasteiger charge is 2.41. The molecule has 0 saturated carbocycles. The number of rotatable bonds is 3. The first-order valence-electron chi connectivity index (χ1n) is 6.57. The average Bonchev–Trinajstić information content (AvgIpc) is 3.06. The lowest BCUT2D eigenvalue weighted by Gasteiger charge is -2.17. The Labute approximate surface area is 118 Å². The van der Waals surface area contributed by atoms with E-state index in [4.69, 9.17) is 4.74 Å². The van der Waals surface area contributed by atoms with Crippen molar-refractivity contribution in [3.63, 3.8) is 0 Å². The van der Waals surface area contributed by atoms with Crippen LogP contribution in [0, 0.1) is 5.92 Å². The molecule has 4 heterocycles. The van der Waals surface area contributed by atoms with Gasteiger partial charge >= 0.3 is 0 Å². The van der Waals surface area contributed by atoms with Crippen LogP contribution in [-0.4, -0.2) is 23.1 Å². The molecule has 19 heavy (non-hydrogen) atoms. The largest absolute Gasteiger partial charge is 0.375 e. The predicted molar refractivity (Wildman–Crippen MR) is 76.7 cm³/mol. The molecule has 4 rings (SSSR count). The number of thiazole rings is 1. The Morgan fingerprint density at radius 1 is 1.53 bits per heavy atom. The van der Waals surface area contributed by atoms with Crippen molar-refractivity contribution in [2.24, 2.45) is 5.92 Å². The first-order chi connectivity index (χ1) is 9.28. The van der Waals surface area contributed by atoms with Gasteiger partial charge in [-0.05, 0) is 36.6 Å². The predicted octanol–water partition coefficient (Wildman–Crippen LogP) is 3.25. The standard InChI is InChI=1S/C13H14N2O2S2/c16-11(6-7-5-8-1-2-10(7)17-8)15-13-14-9-3-4-18-12(9)19-13/h3-4,7-8,10H,1-2,5-6H2,(H,14,15,16). The second-order valence-corrected chi connectivity index (χ2v) is 7.41. The van der Waals surface area contributed by atoms with Crippen LogP contribution in [0.15, 0.2) is 11.4 Å². The zero-order valence-electron chi connectivity index (χ0n) is 10.3. The van der Waals surface area contributed by atoms with Crippen molar-refractivity contribution in [1.82, 2.24) is 4.98 Å². The van der Waals surface area contributed by atoms with Crippen LogP contribution in [0.4, 0.5) is 5.13 Å². The number of nitrogens with zero attached hydrogens (tertiary/aromatic N) is 1. The average molecular weight is 294 g/mol. The Morgan fingerprint density at radius 2 is 2.47 bits per heavy atom. The molecule has 2 saturated heterocycles. The van der Waals surface area contributed by atoms with Gasteiger partial charge < -0.3 is 10.1 Å². The van der Waals surface area contributed by atoms with Crippen molar-refractivity contribution in [3.8, 4) is 0 Å². The van der Waals surface area contributed by atoms with Crippen molar-refractivity contribution in [2.75, 3.05) is 5.32 Å². The number of hydrogen-bond donors (Lipinski definition) is 1. The van der Waals surface area contributed by atoms with Crippen molar-refractivity contribution >= 4 is 43.2 Å².